The fourth-order valence-corrected chi connectivity index (χ4v) is 3.15. The number of likely N-dealkylation sites (tertiary alicyclic amines) is 1. The third kappa shape index (κ3) is 2.69. The third-order valence-corrected chi connectivity index (χ3v) is 4.52. The molecule has 0 radical (unpaired) electrons. The monoisotopic (exact) mass is 313 g/mol. The summed E-state index contributed by atoms with van der Waals surface area (Å²) >= 11 is 0. The molecule has 23 heavy (non-hydrogen) atoms. The van der Waals surface area contributed by atoms with Crippen molar-refractivity contribution in [2.45, 2.75) is 18.3 Å². The minimum absolute atomic E-state index is 0.0403. The Morgan fingerprint density at radius 3 is 2.57 bits per heavy atom. The molecule has 0 saturated carbocycles. The van der Waals surface area contributed by atoms with Gasteiger partial charge in [-0.15, -0.1) is 10.2 Å². The normalized spacial score (nSPS) is 16.8. The fourth-order valence-electron chi connectivity index (χ4n) is 3.15. The van der Waals surface area contributed by atoms with Gasteiger partial charge >= 0.3 is 0 Å². The maximum absolute atomic E-state index is 11.8. The number of rotatable bonds is 4. The second-order valence-electron chi connectivity index (χ2n) is 5.58. The average Bonchev–Trinajstić information content (AvgIpc) is 3.16. The summed E-state index contributed by atoms with van der Waals surface area (Å²) in [5.74, 6) is 1.42. The lowest BCUT2D eigenvalue weighted by Crippen LogP contribution is -2.45. The zero-order chi connectivity index (χ0) is 16.3. The predicted octanol–water partition coefficient (Wildman–Crippen LogP) is 1.30. The van der Waals surface area contributed by atoms with E-state index in [-0.39, 0.29) is 11.3 Å². The van der Waals surface area contributed by atoms with Gasteiger partial charge in [0.1, 0.15) is 5.75 Å². The topological polar surface area (TPSA) is 84.0 Å². The van der Waals surface area contributed by atoms with Crippen molar-refractivity contribution >= 4 is 5.91 Å². The predicted molar refractivity (Wildman–Crippen MR) is 84.0 cm³/mol. The number of tetrazole rings is 1. The van der Waals surface area contributed by atoms with Crippen LogP contribution in [0.1, 0.15) is 24.2 Å². The van der Waals surface area contributed by atoms with Crippen molar-refractivity contribution in [1.82, 2.24) is 25.5 Å². The first kappa shape index (κ1) is 15.2. The van der Waals surface area contributed by atoms with Crippen molar-refractivity contribution in [2.75, 3.05) is 20.2 Å². The number of carbonyl (C=O) groups excluding carboxylic acids is 1. The third-order valence-electron chi connectivity index (χ3n) is 4.52. The van der Waals surface area contributed by atoms with Gasteiger partial charge < -0.3 is 9.64 Å². The zero-order valence-corrected chi connectivity index (χ0v) is 13.0. The quantitative estimate of drug-likeness (QED) is 0.860. The summed E-state index contributed by atoms with van der Waals surface area (Å²) in [5.41, 5.74) is 0.752. The van der Waals surface area contributed by atoms with Crippen LogP contribution in [0.3, 0.4) is 0 Å². The van der Waals surface area contributed by atoms with Crippen molar-refractivity contribution in [1.29, 1.82) is 0 Å². The maximum atomic E-state index is 11.8. The second-order valence-corrected chi connectivity index (χ2v) is 5.58. The van der Waals surface area contributed by atoms with Crippen LogP contribution >= 0.6 is 0 Å². The van der Waals surface area contributed by atoms with Crippen LogP contribution in [0.25, 0.3) is 0 Å². The van der Waals surface area contributed by atoms with E-state index in [1.165, 1.54) is 6.08 Å². The van der Waals surface area contributed by atoms with Crippen LogP contribution in [0.5, 0.6) is 5.75 Å². The molecule has 1 aliphatic heterocycles. The van der Waals surface area contributed by atoms with Crippen LogP contribution in [0.15, 0.2) is 36.9 Å². The van der Waals surface area contributed by atoms with Crippen molar-refractivity contribution < 1.29 is 9.53 Å². The second kappa shape index (κ2) is 6.20. The number of H-pyrrole nitrogens is 1. The molecule has 1 N–H and O–H groups in total. The lowest BCUT2D eigenvalue weighted by atomic mass is 9.72. The van der Waals surface area contributed by atoms with Crippen LogP contribution in [-0.2, 0) is 10.2 Å². The lowest BCUT2D eigenvalue weighted by Gasteiger charge is -2.39. The molecule has 0 aliphatic carbocycles. The van der Waals surface area contributed by atoms with Gasteiger partial charge in [-0.1, -0.05) is 23.9 Å². The number of hydrogen-bond acceptors (Lipinski definition) is 5. The molecule has 7 nitrogen and oxygen atoms in total. The van der Waals surface area contributed by atoms with Crippen LogP contribution in [0.4, 0.5) is 0 Å². The number of aromatic nitrogens is 4. The number of aromatic amines is 1. The standard InChI is InChI=1S/C16H19N5O2/c1-3-14(22)21-10-8-16(9-11-21,15-17-19-20-18-15)12-4-6-13(23-2)7-5-12/h3-7H,1,8-11H2,2H3,(H,17,18,19,20). The van der Waals surface area contributed by atoms with E-state index >= 15 is 0 Å². The van der Waals surface area contributed by atoms with Gasteiger partial charge in [0.2, 0.25) is 5.91 Å². The summed E-state index contributed by atoms with van der Waals surface area (Å²) < 4.78 is 5.23. The van der Waals surface area contributed by atoms with E-state index in [1.54, 1.807) is 12.0 Å². The molecule has 0 spiro atoms. The molecule has 0 bridgehead atoms. The van der Waals surface area contributed by atoms with E-state index in [4.69, 9.17) is 4.74 Å². The molecule has 120 valence electrons. The SMILES string of the molecule is C=CC(=O)N1CCC(c2ccc(OC)cc2)(c2nn[nH]n2)CC1. The first-order valence-electron chi connectivity index (χ1n) is 7.49. The molecular formula is C16H19N5O2. The molecule has 1 amide bonds. The van der Waals surface area contributed by atoms with Crippen molar-refractivity contribution in [2.24, 2.45) is 0 Å². The highest BCUT2D eigenvalue weighted by atomic mass is 16.5. The van der Waals surface area contributed by atoms with Gasteiger partial charge in [-0.05, 0) is 36.6 Å². The maximum Gasteiger partial charge on any atom is 0.245 e. The zero-order valence-electron chi connectivity index (χ0n) is 13.0. The van der Waals surface area contributed by atoms with Gasteiger partial charge in [-0.2, -0.15) is 5.21 Å². The van der Waals surface area contributed by atoms with Gasteiger partial charge in [-0.25, -0.2) is 0 Å². The van der Waals surface area contributed by atoms with E-state index in [2.05, 4.69) is 27.2 Å². The van der Waals surface area contributed by atoms with Crippen LogP contribution in [0.2, 0.25) is 0 Å². The Kier molecular flexibility index (Phi) is 4.10. The van der Waals surface area contributed by atoms with Crippen LogP contribution < -0.4 is 4.74 Å². The lowest BCUT2D eigenvalue weighted by molar-refractivity contribution is -0.127. The Labute approximate surface area is 134 Å². The molecule has 1 aliphatic rings. The van der Waals surface area contributed by atoms with Gasteiger partial charge in [0.25, 0.3) is 0 Å². The number of ether oxygens (including phenoxy) is 1. The minimum atomic E-state index is -0.350. The Balaban J connectivity index is 1.93. The number of hydrogen-bond donors (Lipinski definition) is 1. The van der Waals surface area contributed by atoms with E-state index in [0.29, 0.717) is 18.9 Å². The first-order valence-corrected chi connectivity index (χ1v) is 7.49. The summed E-state index contributed by atoms with van der Waals surface area (Å²) in [7, 11) is 1.64. The number of nitrogens with zero attached hydrogens (tertiary/aromatic N) is 4. The molecule has 2 aromatic rings. The minimum Gasteiger partial charge on any atom is -0.497 e. The highest BCUT2D eigenvalue weighted by molar-refractivity contribution is 5.87. The van der Waals surface area contributed by atoms with Gasteiger partial charge in [-0.3, -0.25) is 4.79 Å². The fraction of sp³-hybridized carbons (Fsp3) is 0.375. The molecule has 0 unspecified atom stereocenters. The highest BCUT2D eigenvalue weighted by Gasteiger charge is 2.42. The highest BCUT2D eigenvalue weighted by Crippen LogP contribution is 2.40. The molecule has 1 saturated heterocycles. The van der Waals surface area contributed by atoms with Crippen LogP contribution in [-0.4, -0.2) is 51.6 Å². The summed E-state index contributed by atoms with van der Waals surface area (Å²) in [6.45, 7) is 4.82. The van der Waals surface area contributed by atoms with Gasteiger partial charge in [0.05, 0.1) is 12.5 Å². The summed E-state index contributed by atoms with van der Waals surface area (Å²) in [6.07, 6.45) is 2.83. The first-order chi connectivity index (χ1) is 11.2. The molecule has 1 fully saturated rings. The summed E-state index contributed by atoms with van der Waals surface area (Å²) in [4.78, 5) is 13.6. The number of amides is 1. The molecule has 2 heterocycles. The van der Waals surface area contributed by atoms with Crippen molar-refractivity contribution in [3.8, 4) is 5.75 Å². The Morgan fingerprint density at radius 2 is 2.04 bits per heavy atom. The van der Waals surface area contributed by atoms with E-state index in [1.807, 2.05) is 24.3 Å². The number of benzene rings is 1. The largest absolute Gasteiger partial charge is 0.497 e. The molecule has 1 aromatic carbocycles. The van der Waals surface area contributed by atoms with E-state index < -0.39 is 0 Å². The van der Waals surface area contributed by atoms with E-state index in [0.717, 1.165) is 24.2 Å². The van der Waals surface area contributed by atoms with Gasteiger partial charge in [0, 0.05) is 13.1 Å². The number of nitrogens with one attached hydrogen (secondary N) is 1. The van der Waals surface area contributed by atoms with Crippen molar-refractivity contribution in [3.05, 3.63) is 48.3 Å². The van der Waals surface area contributed by atoms with E-state index in [9.17, 15) is 4.79 Å². The number of carbonyl (C=O) groups is 1. The molecule has 3 rings (SSSR count). The summed E-state index contributed by atoms with van der Waals surface area (Å²) in [5, 5.41) is 14.7. The Bertz CT molecular complexity index is 673. The molecule has 1 aromatic heterocycles. The Hall–Kier alpha value is -2.70. The number of methoxy groups -OCH3 is 1. The van der Waals surface area contributed by atoms with Gasteiger partial charge in [0.15, 0.2) is 5.82 Å². The number of piperidine rings is 1. The molecule has 0 atom stereocenters. The molecule has 7 heteroatoms. The average molecular weight is 313 g/mol. The van der Waals surface area contributed by atoms with Crippen molar-refractivity contribution in [3.63, 3.8) is 0 Å². The molecular weight excluding hydrogens is 294 g/mol. The van der Waals surface area contributed by atoms with Crippen LogP contribution in [0, 0.1) is 0 Å². The smallest absolute Gasteiger partial charge is 0.245 e. The summed E-state index contributed by atoms with van der Waals surface area (Å²) in [6, 6.07) is 7.91. The Morgan fingerprint density at radius 1 is 1.35 bits per heavy atom.